The quantitative estimate of drug-likeness (QED) is 0.172. The summed E-state index contributed by atoms with van der Waals surface area (Å²) in [7, 11) is 0. The van der Waals surface area contributed by atoms with Crippen molar-refractivity contribution in [2.45, 2.75) is 154 Å². The fraction of sp³-hybridized carbons (Fsp3) is 0.833. The molecule has 1 heterocycles. The Morgan fingerprint density at radius 2 is 1.63 bits per heavy atom. The lowest BCUT2D eigenvalue weighted by atomic mass is 9.45. The number of hydrogen-bond donors (Lipinski definition) is 6. The summed E-state index contributed by atoms with van der Waals surface area (Å²) in [5.41, 5.74) is -7.92. The van der Waals surface area contributed by atoms with E-state index in [-0.39, 0.29) is 36.0 Å². The summed E-state index contributed by atoms with van der Waals surface area (Å²) in [4.78, 5) is 54.1. The molecule has 1 amide bonds. The van der Waals surface area contributed by atoms with E-state index >= 15 is 0 Å². The van der Waals surface area contributed by atoms with Crippen molar-refractivity contribution in [3.63, 3.8) is 0 Å². The molecule has 6 N–H and O–H groups in total. The number of ether oxygens (including phenoxy) is 3. The Morgan fingerprint density at radius 3 is 2.16 bits per heavy atom. The first kappa shape index (κ1) is 37.8. The van der Waals surface area contributed by atoms with Gasteiger partial charge in [-0.3, -0.25) is 14.4 Å². The Bertz CT molecular complexity index is 1400. The van der Waals surface area contributed by atoms with E-state index in [0.717, 1.165) is 26.2 Å². The molecule has 0 spiro atoms. The van der Waals surface area contributed by atoms with Crippen LogP contribution in [-0.2, 0) is 33.4 Å². The molecule has 5 rings (SSSR count). The van der Waals surface area contributed by atoms with Crippen molar-refractivity contribution >= 4 is 23.6 Å². The van der Waals surface area contributed by atoms with Crippen LogP contribution in [0.4, 0.5) is 0 Å². The Morgan fingerprint density at radius 1 is 1.02 bits per heavy atom. The predicted molar refractivity (Wildman–Crippen MR) is 173 cm³/mol. The number of hydrogen-bond acceptors (Lipinski definition) is 12. The number of rotatable bonds is 6. The third-order valence-corrected chi connectivity index (χ3v) is 12.6. The third kappa shape index (κ3) is 5.86. The fourth-order valence-electron chi connectivity index (χ4n) is 9.47. The highest BCUT2D eigenvalue weighted by molar-refractivity contribution is 5.93. The second-order valence-electron chi connectivity index (χ2n) is 17.0. The van der Waals surface area contributed by atoms with Crippen LogP contribution < -0.4 is 5.32 Å². The lowest BCUT2D eigenvalue weighted by Gasteiger charge is -2.66. The first-order valence-electron chi connectivity index (χ1n) is 17.6. The summed E-state index contributed by atoms with van der Waals surface area (Å²) in [6, 6.07) is -0.948. The largest absolute Gasteiger partial charge is 0.459 e. The van der Waals surface area contributed by atoms with Crippen molar-refractivity contribution in [2.24, 2.45) is 28.1 Å². The van der Waals surface area contributed by atoms with Gasteiger partial charge in [0.05, 0.1) is 30.3 Å². The molecule has 0 aromatic rings. The number of esters is 2. The Kier molecular flexibility index (Phi) is 9.77. The molecule has 4 fully saturated rings. The van der Waals surface area contributed by atoms with Crippen LogP contribution in [0.15, 0.2) is 11.1 Å². The molecule has 49 heavy (non-hydrogen) atoms. The molecular formula is C36H55NO12. The number of aliphatic hydroxyl groups excluding tert-OH is 3. The zero-order valence-electron chi connectivity index (χ0n) is 29.9. The van der Waals surface area contributed by atoms with Gasteiger partial charge in [0, 0.05) is 36.5 Å². The summed E-state index contributed by atoms with van der Waals surface area (Å²) < 4.78 is 17.4. The van der Waals surface area contributed by atoms with Gasteiger partial charge in [-0.15, -0.1) is 0 Å². The average molecular weight is 694 g/mol. The molecule has 0 radical (unpaired) electrons. The van der Waals surface area contributed by atoms with Crippen LogP contribution in [0.1, 0.15) is 100 Å². The minimum Gasteiger partial charge on any atom is -0.459 e. The van der Waals surface area contributed by atoms with Crippen LogP contribution in [0.2, 0.25) is 0 Å². The molecule has 4 aliphatic carbocycles. The SMILES string of the molecule is CC(=O)O[C@H]1[C@@H]2[C@]3(O)CO[C@@H]3C[C@H](O)[C@@]2(C)C(=O)[C@H](O)C2=C(C)[C@@H](OC(=O)[C@H](O)[C@@H](NC(=O)C(C)(C)C)C3CCCCC3)C[C@]1(O)C2(C)C. The van der Waals surface area contributed by atoms with Gasteiger partial charge in [0.15, 0.2) is 11.9 Å². The van der Waals surface area contributed by atoms with Gasteiger partial charge in [-0.05, 0) is 43.8 Å². The molecule has 1 saturated heterocycles. The smallest absolute Gasteiger partial charge is 0.337 e. The van der Waals surface area contributed by atoms with E-state index in [0.29, 0.717) is 12.8 Å². The Labute approximate surface area is 287 Å². The van der Waals surface area contributed by atoms with Crippen LogP contribution in [0, 0.1) is 28.1 Å². The van der Waals surface area contributed by atoms with Crippen molar-refractivity contribution in [3.8, 4) is 0 Å². The van der Waals surface area contributed by atoms with Crippen LogP contribution in [0.3, 0.4) is 0 Å². The summed E-state index contributed by atoms with van der Waals surface area (Å²) in [6.45, 7) is 12.1. The van der Waals surface area contributed by atoms with Crippen molar-refractivity contribution < 1.29 is 58.9 Å². The molecule has 0 aromatic carbocycles. The van der Waals surface area contributed by atoms with Crippen LogP contribution in [0.5, 0.6) is 0 Å². The van der Waals surface area contributed by atoms with E-state index in [4.69, 9.17) is 14.2 Å². The molecule has 5 aliphatic rings. The maximum absolute atomic E-state index is 14.4. The van der Waals surface area contributed by atoms with Crippen LogP contribution in [-0.4, -0.2) is 110 Å². The summed E-state index contributed by atoms with van der Waals surface area (Å²) in [6.07, 6.45) is -5.39. The van der Waals surface area contributed by atoms with Gasteiger partial charge in [0.2, 0.25) is 5.91 Å². The van der Waals surface area contributed by atoms with Gasteiger partial charge in [-0.1, -0.05) is 53.9 Å². The maximum Gasteiger partial charge on any atom is 0.337 e. The molecule has 11 atom stereocenters. The minimum atomic E-state index is -2.19. The zero-order chi connectivity index (χ0) is 36.6. The van der Waals surface area contributed by atoms with E-state index in [2.05, 4.69) is 5.32 Å². The Balaban J connectivity index is 1.58. The standard InChI is InChI=1S/C36H55NO12/c1-17-20(49-30(43)26(41)24(19-12-10-9-11-13-19)37-31(44)32(3,4)5)15-36(46)29(48-18(2)38)27-34(8,21(39)14-22-35(27,45)16-47-22)28(42)25(40)23(17)33(36,6)7/h19-22,24-27,29,39-41,45-46H,9-16H2,1-8H3,(H,37,44)/t20-,21-,22+,24-,25+,26+,27-,29-,34+,35-,36+/m0/s1. The van der Waals surface area contributed by atoms with Gasteiger partial charge in [0.25, 0.3) is 0 Å². The van der Waals surface area contributed by atoms with Crippen LogP contribution >= 0.6 is 0 Å². The molecule has 2 bridgehead atoms. The number of nitrogens with one attached hydrogen (secondary N) is 1. The normalized spacial score (nSPS) is 40.4. The topological polar surface area (TPSA) is 209 Å². The molecule has 13 nitrogen and oxygen atoms in total. The summed E-state index contributed by atoms with van der Waals surface area (Å²) >= 11 is 0. The Hall–Kier alpha value is -2.42. The number of carbonyl (C=O) groups is 4. The number of fused-ring (bicyclic) bond motifs is 5. The van der Waals surface area contributed by atoms with E-state index in [1.54, 1.807) is 41.5 Å². The van der Waals surface area contributed by atoms with Gasteiger partial charge >= 0.3 is 11.9 Å². The highest BCUT2D eigenvalue weighted by Gasteiger charge is 2.76. The number of ketones is 1. The lowest BCUT2D eigenvalue weighted by molar-refractivity contribution is -0.345. The molecule has 0 unspecified atom stereocenters. The molecule has 1 aliphatic heterocycles. The zero-order valence-corrected chi connectivity index (χ0v) is 29.9. The number of Topliss-reactive ketones (excluding diaryl/α,β-unsaturated/α-hetero) is 1. The fourth-order valence-corrected chi connectivity index (χ4v) is 9.47. The first-order valence-corrected chi connectivity index (χ1v) is 17.6. The average Bonchev–Trinajstić information content (AvgIpc) is 3.01. The monoisotopic (exact) mass is 693 g/mol. The minimum absolute atomic E-state index is 0.0198. The van der Waals surface area contributed by atoms with Gasteiger partial charge in [-0.2, -0.15) is 0 Å². The summed E-state index contributed by atoms with van der Waals surface area (Å²) in [5, 5.41) is 62.6. The first-order chi connectivity index (χ1) is 22.5. The van der Waals surface area contributed by atoms with E-state index < -0.39 is 100 Å². The lowest BCUT2D eigenvalue weighted by Crippen LogP contribution is -2.81. The highest BCUT2D eigenvalue weighted by atomic mass is 16.6. The van der Waals surface area contributed by atoms with Crippen molar-refractivity contribution in [2.75, 3.05) is 6.61 Å². The number of carbonyl (C=O) groups excluding carboxylic acids is 4. The van der Waals surface area contributed by atoms with Gasteiger partial charge in [0.1, 0.15) is 29.5 Å². The molecule has 13 heteroatoms. The second kappa shape index (κ2) is 12.7. The maximum atomic E-state index is 14.4. The molecule has 3 saturated carbocycles. The highest BCUT2D eigenvalue weighted by Crippen LogP contribution is 2.63. The van der Waals surface area contributed by atoms with Crippen molar-refractivity contribution in [1.82, 2.24) is 5.32 Å². The van der Waals surface area contributed by atoms with Crippen LogP contribution in [0.25, 0.3) is 0 Å². The second-order valence-corrected chi connectivity index (χ2v) is 17.0. The molecule has 0 aromatic heterocycles. The predicted octanol–water partition coefficient (Wildman–Crippen LogP) is 1.24. The van der Waals surface area contributed by atoms with Crippen molar-refractivity contribution in [1.29, 1.82) is 0 Å². The molecular weight excluding hydrogens is 638 g/mol. The van der Waals surface area contributed by atoms with E-state index in [1.165, 1.54) is 6.92 Å². The van der Waals surface area contributed by atoms with Gasteiger partial charge < -0.3 is 45.1 Å². The van der Waals surface area contributed by atoms with Crippen molar-refractivity contribution in [3.05, 3.63) is 11.1 Å². The van der Waals surface area contributed by atoms with Gasteiger partial charge in [-0.25, -0.2) is 4.79 Å². The van der Waals surface area contributed by atoms with E-state index in [1.807, 2.05) is 0 Å². The van der Waals surface area contributed by atoms with E-state index in [9.17, 15) is 44.7 Å². The molecule has 276 valence electrons. The number of aliphatic hydroxyl groups is 5. The summed E-state index contributed by atoms with van der Waals surface area (Å²) in [5.74, 6) is -4.70. The third-order valence-electron chi connectivity index (χ3n) is 12.6. The number of amides is 1.